The van der Waals surface area contributed by atoms with Gasteiger partial charge in [0.05, 0.1) is 6.67 Å². The Kier molecular flexibility index (Phi) is 7.41. The highest BCUT2D eigenvalue weighted by molar-refractivity contribution is 7.09. The van der Waals surface area contributed by atoms with Crippen LogP contribution in [0, 0.1) is 0 Å². The number of likely N-dealkylation sites (N-methyl/N-ethyl adjacent to an activating group) is 1. The second-order valence-corrected chi connectivity index (χ2v) is 5.06. The fourth-order valence-electron chi connectivity index (χ4n) is 1.55. The molecule has 0 fully saturated rings. The third-order valence-electron chi connectivity index (χ3n) is 2.52. The molecular formula is C13H22FN3S. The number of hydrogen-bond donors (Lipinski definition) is 1. The number of nitrogens with zero attached hydrogens (tertiary/aromatic N) is 2. The van der Waals surface area contributed by atoms with Gasteiger partial charge in [0.1, 0.15) is 0 Å². The molecule has 0 atom stereocenters. The molecule has 1 heterocycles. The lowest BCUT2D eigenvalue weighted by molar-refractivity contribution is 0.467. The number of rotatable bonds is 7. The average molecular weight is 271 g/mol. The van der Waals surface area contributed by atoms with Crippen LogP contribution in [-0.2, 0) is 6.42 Å². The lowest BCUT2D eigenvalue weighted by Crippen LogP contribution is -2.40. The van der Waals surface area contributed by atoms with E-state index in [1.807, 2.05) is 14.0 Å². The third-order valence-corrected chi connectivity index (χ3v) is 3.46. The smallest absolute Gasteiger partial charge is 0.193 e. The van der Waals surface area contributed by atoms with E-state index < -0.39 is 0 Å². The summed E-state index contributed by atoms with van der Waals surface area (Å²) in [6.45, 7) is 4.03. The Morgan fingerprint density at radius 2 is 2.39 bits per heavy atom. The predicted molar refractivity (Wildman–Crippen MR) is 77.2 cm³/mol. The van der Waals surface area contributed by atoms with Gasteiger partial charge in [0.25, 0.3) is 0 Å². The molecular weight excluding hydrogens is 249 g/mol. The van der Waals surface area contributed by atoms with Crippen LogP contribution in [0.2, 0.25) is 0 Å². The third kappa shape index (κ3) is 5.49. The summed E-state index contributed by atoms with van der Waals surface area (Å²) in [6, 6.07) is 4.21. The number of aliphatic imine (C=N–C) groups is 1. The Balaban J connectivity index is 2.42. The van der Waals surface area contributed by atoms with Gasteiger partial charge in [0, 0.05) is 31.6 Å². The maximum absolute atomic E-state index is 12.1. The van der Waals surface area contributed by atoms with Gasteiger partial charge in [-0.05, 0) is 31.2 Å². The standard InChI is InChI=1S/C13H22FN3S/c1-3-15-13(16-9-5-8-14)17(2)10-7-12-6-4-11-18-12/h4,6,11H,3,5,7-10H2,1-2H3,(H,15,16). The highest BCUT2D eigenvalue weighted by Crippen LogP contribution is 2.09. The van der Waals surface area contributed by atoms with Crippen molar-refractivity contribution in [2.75, 3.05) is 33.4 Å². The average Bonchev–Trinajstić information content (AvgIpc) is 2.88. The van der Waals surface area contributed by atoms with Crippen LogP contribution in [0.4, 0.5) is 4.39 Å². The molecule has 0 aliphatic heterocycles. The summed E-state index contributed by atoms with van der Waals surface area (Å²) in [5.74, 6) is 0.863. The van der Waals surface area contributed by atoms with Crippen LogP contribution < -0.4 is 5.32 Å². The van der Waals surface area contributed by atoms with E-state index in [4.69, 9.17) is 0 Å². The van der Waals surface area contributed by atoms with Gasteiger partial charge in [-0.2, -0.15) is 0 Å². The molecule has 0 unspecified atom stereocenters. The molecule has 1 N–H and O–H groups in total. The second kappa shape index (κ2) is 8.91. The maximum Gasteiger partial charge on any atom is 0.193 e. The summed E-state index contributed by atoms with van der Waals surface area (Å²) in [5, 5.41) is 5.32. The van der Waals surface area contributed by atoms with E-state index in [0.29, 0.717) is 13.0 Å². The lowest BCUT2D eigenvalue weighted by atomic mass is 10.3. The molecule has 0 radical (unpaired) electrons. The minimum absolute atomic E-state index is 0.304. The summed E-state index contributed by atoms with van der Waals surface area (Å²) in [4.78, 5) is 7.87. The molecule has 0 aromatic carbocycles. The zero-order valence-electron chi connectivity index (χ0n) is 11.2. The quantitative estimate of drug-likeness (QED) is 0.469. The van der Waals surface area contributed by atoms with E-state index in [2.05, 4.69) is 32.7 Å². The minimum atomic E-state index is -0.304. The van der Waals surface area contributed by atoms with Crippen LogP contribution in [0.1, 0.15) is 18.2 Å². The Labute approximate surface area is 113 Å². The molecule has 0 saturated heterocycles. The van der Waals surface area contributed by atoms with Crippen LogP contribution >= 0.6 is 11.3 Å². The first-order valence-electron chi connectivity index (χ1n) is 6.35. The van der Waals surface area contributed by atoms with Crippen LogP contribution in [0.3, 0.4) is 0 Å². The van der Waals surface area contributed by atoms with Gasteiger partial charge in [-0.15, -0.1) is 11.3 Å². The van der Waals surface area contributed by atoms with Gasteiger partial charge >= 0.3 is 0 Å². The minimum Gasteiger partial charge on any atom is -0.357 e. The number of alkyl halides is 1. The van der Waals surface area contributed by atoms with E-state index in [1.165, 1.54) is 4.88 Å². The number of halogens is 1. The van der Waals surface area contributed by atoms with E-state index in [-0.39, 0.29) is 6.67 Å². The second-order valence-electron chi connectivity index (χ2n) is 4.03. The molecule has 0 aliphatic carbocycles. The van der Waals surface area contributed by atoms with Gasteiger partial charge in [-0.1, -0.05) is 6.07 Å². The number of thiophene rings is 1. The molecule has 102 valence electrons. The summed E-state index contributed by atoms with van der Waals surface area (Å²) in [5.41, 5.74) is 0. The molecule has 1 aromatic rings. The van der Waals surface area contributed by atoms with Crippen molar-refractivity contribution in [1.29, 1.82) is 0 Å². The van der Waals surface area contributed by atoms with Gasteiger partial charge in [-0.3, -0.25) is 9.38 Å². The Bertz CT molecular complexity index is 338. The SMILES string of the molecule is CCNC(=NCCCF)N(C)CCc1cccs1. The van der Waals surface area contributed by atoms with Crippen molar-refractivity contribution in [3.63, 3.8) is 0 Å². The highest BCUT2D eigenvalue weighted by Gasteiger charge is 2.05. The van der Waals surface area contributed by atoms with E-state index in [0.717, 1.165) is 25.5 Å². The largest absolute Gasteiger partial charge is 0.357 e. The van der Waals surface area contributed by atoms with Gasteiger partial charge in [0.2, 0.25) is 0 Å². The first kappa shape index (κ1) is 15.0. The van der Waals surface area contributed by atoms with Crippen molar-refractivity contribution in [1.82, 2.24) is 10.2 Å². The molecule has 0 saturated carbocycles. The summed E-state index contributed by atoms with van der Waals surface area (Å²) in [6.07, 6.45) is 1.51. The molecule has 0 bridgehead atoms. The fourth-order valence-corrected chi connectivity index (χ4v) is 2.25. The van der Waals surface area contributed by atoms with Crippen LogP contribution in [-0.4, -0.2) is 44.2 Å². The molecule has 0 aliphatic rings. The topological polar surface area (TPSA) is 27.6 Å². The van der Waals surface area contributed by atoms with E-state index in [1.54, 1.807) is 11.3 Å². The van der Waals surface area contributed by atoms with E-state index in [9.17, 15) is 4.39 Å². The maximum atomic E-state index is 12.1. The Morgan fingerprint density at radius 3 is 3.00 bits per heavy atom. The number of nitrogens with one attached hydrogen (secondary N) is 1. The Hall–Kier alpha value is -1.10. The monoisotopic (exact) mass is 271 g/mol. The molecule has 0 spiro atoms. The summed E-state index contributed by atoms with van der Waals surface area (Å²) in [7, 11) is 2.02. The first-order valence-corrected chi connectivity index (χ1v) is 7.23. The van der Waals surface area contributed by atoms with Crippen LogP contribution in [0.15, 0.2) is 22.5 Å². The van der Waals surface area contributed by atoms with Gasteiger partial charge in [0.15, 0.2) is 5.96 Å². The van der Waals surface area contributed by atoms with Crippen molar-refractivity contribution in [2.24, 2.45) is 4.99 Å². The Morgan fingerprint density at radius 1 is 1.56 bits per heavy atom. The first-order chi connectivity index (χ1) is 8.77. The zero-order valence-corrected chi connectivity index (χ0v) is 12.0. The molecule has 5 heteroatoms. The van der Waals surface area contributed by atoms with Gasteiger partial charge in [-0.25, -0.2) is 0 Å². The summed E-state index contributed by atoms with van der Waals surface area (Å²) >= 11 is 1.77. The van der Waals surface area contributed by atoms with Crippen LogP contribution in [0.25, 0.3) is 0 Å². The highest BCUT2D eigenvalue weighted by atomic mass is 32.1. The van der Waals surface area contributed by atoms with E-state index >= 15 is 0 Å². The van der Waals surface area contributed by atoms with Crippen molar-refractivity contribution >= 4 is 17.3 Å². The van der Waals surface area contributed by atoms with Crippen molar-refractivity contribution < 1.29 is 4.39 Å². The normalized spacial score (nSPS) is 11.6. The van der Waals surface area contributed by atoms with Crippen molar-refractivity contribution in [3.8, 4) is 0 Å². The molecule has 3 nitrogen and oxygen atoms in total. The molecule has 1 aromatic heterocycles. The zero-order chi connectivity index (χ0) is 13.2. The molecule has 0 amide bonds. The van der Waals surface area contributed by atoms with Gasteiger partial charge < -0.3 is 10.2 Å². The van der Waals surface area contributed by atoms with Crippen LogP contribution in [0.5, 0.6) is 0 Å². The molecule has 1 rings (SSSR count). The van der Waals surface area contributed by atoms with Crippen molar-refractivity contribution in [2.45, 2.75) is 19.8 Å². The lowest BCUT2D eigenvalue weighted by Gasteiger charge is -2.21. The molecule has 18 heavy (non-hydrogen) atoms. The van der Waals surface area contributed by atoms with Crippen molar-refractivity contribution in [3.05, 3.63) is 22.4 Å². The summed E-state index contributed by atoms with van der Waals surface area (Å²) < 4.78 is 12.1. The number of hydrogen-bond acceptors (Lipinski definition) is 2. The predicted octanol–water partition coefficient (Wildman–Crippen LogP) is 2.55. The number of guanidine groups is 1. The fraction of sp³-hybridized carbons (Fsp3) is 0.615.